The Hall–Kier alpha value is -1.67. The average molecular weight is 313 g/mol. The van der Waals surface area contributed by atoms with Crippen LogP contribution < -0.4 is 10.1 Å². The minimum Gasteiger partial charge on any atom is -0.481 e. The Morgan fingerprint density at radius 1 is 1.43 bits per heavy atom. The molecule has 1 aliphatic heterocycles. The number of hydrogen-bond donors (Lipinski definition) is 1. The van der Waals surface area contributed by atoms with Crippen LogP contribution in [0.1, 0.15) is 19.3 Å². The number of ether oxygens (including phenoxy) is 1. The van der Waals surface area contributed by atoms with Crippen LogP contribution in [0, 0.1) is 0 Å². The van der Waals surface area contributed by atoms with Crippen LogP contribution in [0.5, 0.6) is 5.88 Å². The van der Waals surface area contributed by atoms with E-state index < -0.39 is 16.1 Å². The third-order valence-electron chi connectivity index (χ3n) is 3.40. The van der Waals surface area contributed by atoms with Gasteiger partial charge in [0.1, 0.15) is 6.04 Å². The van der Waals surface area contributed by atoms with Crippen LogP contribution >= 0.6 is 0 Å². The van der Waals surface area contributed by atoms with Gasteiger partial charge in [-0.1, -0.05) is 6.42 Å². The van der Waals surface area contributed by atoms with E-state index in [-0.39, 0.29) is 5.91 Å². The van der Waals surface area contributed by atoms with E-state index in [2.05, 4.69) is 10.3 Å². The summed E-state index contributed by atoms with van der Waals surface area (Å²) in [6, 6.07) is 2.64. The van der Waals surface area contributed by atoms with Gasteiger partial charge in [0.25, 0.3) is 0 Å². The molecule has 1 aliphatic rings. The zero-order valence-electron chi connectivity index (χ0n) is 12.1. The summed E-state index contributed by atoms with van der Waals surface area (Å²) in [6.45, 7) is 0.387. The van der Waals surface area contributed by atoms with Crippen LogP contribution in [0.2, 0.25) is 0 Å². The molecule has 1 saturated heterocycles. The second-order valence-corrected chi connectivity index (χ2v) is 6.90. The number of hydrogen-bond acceptors (Lipinski definition) is 5. The van der Waals surface area contributed by atoms with Gasteiger partial charge in [0.05, 0.1) is 25.2 Å². The van der Waals surface area contributed by atoms with Gasteiger partial charge >= 0.3 is 0 Å². The number of carbonyl (C=O) groups is 1. The summed E-state index contributed by atoms with van der Waals surface area (Å²) in [4.78, 5) is 16.3. The number of pyridine rings is 1. The summed E-state index contributed by atoms with van der Waals surface area (Å²) in [6.07, 6.45) is 4.76. The number of anilines is 1. The fraction of sp³-hybridized carbons (Fsp3) is 0.538. The van der Waals surface area contributed by atoms with Crippen LogP contribution in [0.4, 0.5) is 5.69 Å². The monoisotopic (exact) mass is 313 g/mol. The highest BCUT2D eigenvalue weighted by Crippen LogP contribution is 2.21. The Balaban J connectivity index is 2.10. The first-order valence-electron chi connectivity index (χ1n) is 6.69. The largest absolute Gasteiger partial charge is 0.481 e. The third-order valence-corrected chi connectivity index (χ3v) is 4.68. The quantitative estimate of drug-likeness (QED) is 0.890. The number of methoxy groups -OCH3 is 1. The molecule has 1 N–H and O–H groups in total. The molecule has 2 rings (SSSR count). The average Bonchev–Trinajstić information content (AvgIpc) is 2.47. The van der Waals surface area contributed by atoms with E-state index in [1.165, 1.54) is 17.6 Å². The Morgan fingerprint density at radius 3 is 2.76 bits per heavy atom. The maximum absolute atomic E-state index is 12.3. The van der Waals surface area contributed by atoms with Crippen LogP contribution in [0.15, 0.2) is 18.3 Å². The lowest BCUT2D eigenvalue weighted by molar-refractivity contribution is -0.120. The molecule has 1 aromatic heterocycles. The Labute approximate surface area is 124 Å². The number of sulfonamides is 1. The maximum Gasteiger partial charge on any atom is 0.242 e. The highest BCUT2D eigenvalue weighted by molar-refractivity contribution is 7.88. The first-order valence-corrected chi connectivity index (χ1v) is 8.54. The van der Waals surface area contributed by atoms with E-state index in [9.17, 15) is 13.2 Å². The molecule has 2 heterocycles. The molecule has 0 aliphatic carbocycles. The normalized spacial score (nSPS) is 20.0. The molecule has 7 nitrogen and oxygen atoms in total. The molecule has 116 valence electrons. The summed E-state index contributed by atoms with van der Waals surface area (Å²) in [5.74, 6) is 0.121. The van der Waals surface area contributed by atoms with Crippen LogP contribution in [-0.4, -0.2) is 49.6 Å². The first kappa shape index (κ1) is 15.7. The van der Waals surface area contributed by atoms with Gasteiger partial charge in [-0.2, -0.15) is 4.31 Å². The Bertz CT molecular complexity index is 600. The lowest BCUT2D eigenvalue weighted by Crippen LogP contribution is -2.49. The molecule has 1 aromatic rings. The zero-order chi connectivity index (χ0) is 15.5. The standard InChI is InChI=1S/C13H19N3O4S/c1-20-12-7-6-10(9-14-12)15-13(17)11-5-3-4-8-16(11)21(2,18)19/h6-7,9,11H,3-5,8H2,1-2H3,(H,15,17)/t11-/m0/s1. The van der Waals surface area contributed by atoms with E-state index in [4.69, 9.17) is 4.74 Å². The van der Waals surface area contributed by atoms with Crippen LogP contribution in [0.3, 0.4) is 0 Å². The van der Waals surface area contributed by atoms with Crippen molar-refractivity contribution in [3.63, 3.8) is 0 Å². The molecule has 0 radical (unpaired) electrons. The molecule has 8 heteroatoms. The minimum atomic E-state index is -3.39. The number of rotatable bonds is 4. The van der Waals surface area contributed by atoms with Gasteiger partial charge in [-0.15, -0.1) is 0 Å². The van der Waals surface area contributed by atoms with Crippen molar-refractivity contribution in [2.45, 2.75) is 25.3 Å². The van der Waals surface area contributed by atoms with Gasteiger partial charge in [-0.25, -0.2) is 13.4 Å². The Kier molecular flexibility index (Phi) is 4.79. The summed E-state index contributed by atoms with van der Waals surface area (Å²) < 4.78 is 29.7. The number of aromatic nitrogens is 1. The highest BCUT2D eigenvalue weighted by Gasteiger charge is 2.34. The molecule has 0 aromatic carbocycles. The number of amides is 1. The van der Waals surface area contributed by atoms with Gasteiger partial charge in [0.2, 0.25) is 21.8 Å². The highest BCUT2D eigenvalue weighted by atomic mass is 32.2. The molecule has 0 bridgehead atoms. The topological polar surface area (TPSA) is 88.6 Å². The molecular formula is C13H19N3O4S. The van der Waals surface area contributed by atoms with Crippen LogP contribution in [0.25, 0.3) is 0 Å². The third kappa shape index (κ3) is 3.92. The molecule has 1 fully saturated rings. The summed E-state index contributed by atoms with van der Waals surface area (Å²) in [5.41, 5.74) is 0.514. The fourth-order valence-corrected chi connectivity index (χ4v) is 3.49. The molecular weight excluding hydrogens is 294 g/mol. The van der Waals surface area contributed by atoms with Gasteiger partial charge < -0.3 is 10.1 Å². The minimum absolute atomic E-state index is 0.327. The molecule has 1 atom stereocenters. The smallest absolute Gasteiger partial charge is 0.242 e. The van der Waals surface area contributed by atoms with E-state index in [0.29, 0.717) is 24.5 Å². The van der Waals surface area contributed by atoms with Gasteiger partial charge in [0.15, 0.2) is 0 Å². The van der Waals surface area contributed by atoms with E-state index >= 15 is 0 Å². The maximum atomic E-state index is 12.3. The predicted octanol–water partition coefficient (Wildman–Crippen LogP) is 0.843. The van der Waals surface area contributed by atoms with E-state index in [1.54, 1.807) is 12.1 Å². The number of nitrogens with zero attached hydrogens (tertiary/aromatic N) is 2. The molecule has 21 heavy (non-hydrogen) atoms. The fourth-order valence-electron chi connectivity index (χ4n) is 2.36. The van der Waals surface area contributed by atoms with Crippen molar-refractivity contribution in [2.75, 3.05) is 25.2 Å². The number of carbonyl (C=O) groups excluding carboxylic acids is 1. The second-order valence-electron chi connectivity index (χ2n) is 4.96. The zero-order valence-corrected chi connectivity index (χ0v) is 12.9. The predicted molar refractivity (Wildman–Crippen MR) is 78.6 cm³/mol. The van der Waals surface area contributed by atoms with Gasteiger partial charge in [0, 0.05) is 12.6 Å². The lowest BCUT2D eigenvalue weighted by Gasteiger charge is -2.32. The van der Waals surface area contributed by atoms with Crippen molar-refractivity contribution < 1.29 is 17.9 Å². The second kappa shape index (κ2) is 6.40. The van der Waals surface area contributed by atoms with Crippen molar-refractivity contribution in [1.29, 1.82) is 0 Å². The molecule has 0 saturated carbocycles. The van der Waals surface area contributed by atoms with Gasteiger partial charge in [-0.3, -0.25) is 4.79 Å². The summed E-state index contributed by atoms with van der Waals surface area (Å²) in [5, 5.41) is 2.70. The number of nitrogens with one attached hydrogen (secondary N) is 1. The first-order chi connectivity index (χ1) is 9.91. The van der Waals surface area contributed by atoms with Gasteiger partial charge in [-0.05, 0) is 18.9 Å². The summed E-state index contributed by atoms with van der Waals surface area (Å²) >= 11 is 0. The Morgan fingerprint density at radius 2 is 2.19 bits per heavy atom. The SMILES string of the molecule is COc1ccc(NC(=O)[C@@H]2CCCCN2S(C)(=O)=O)cn1. The van der Waals surface area contributed by atoms with Crippen LogP contribution in [-0.2, 0) is 14.8 Å². The van der Waals surface area contributed by atoms with E-state index in [0.717, 1.165) is 19.1 Å². The molecule has 0 unspecified atom stereocenters. The van der Waals surface area contributed by atoms with E-state index in [1.807, 2.05) is 0 Å². The number of piperidine rings is 1. The summed E-state index contributed by atoms with van der Waals surface area (Å²) in [7, 11) is -1.88. The molecule has 0 spiro atoms. The van der Waals surface area contributed by atoms with Crippen molar-refractivity contribution in [3.05, 3.63) is 18.3 Å². The molecule has 1 amide bonds. The van der Waals surface area contributed by atoms with Crippen molar-refractivity contribution in [2.24, 2.45) is 0 Å². The van der Waals surface area contributed by atoms with Crippen molar-refractivity contribution >= 4 is 21.6 Å². The lowest BCUT2D eigenvalue weighted by atomic mass is 10.0. The van der Waals surface area contributed by atoms with Crippen molar-refractivity contribution in [1.82, 2.24) is 9.29 Å². The van der Waals surface area contributed by atoms with Crippen molar-refractivity contribution in [3.8, 4) is 5.88 Å².